The topological polar surface area (TPSA) is 84.1 Å². The number of aromatic amines is 1. The molecule has 0 aliphatic rings. The highest BCUT2D eigenvalue weighted by atomic mass is 19.1. The van der Waals surface area contributed by atoms with Crippen LogP contribution < -0.4 is 5.32 Å². The van der Waals surface area contributed by atoms with Gasteiger partial charge in [0.1, 0.15) is 11.6 Å². The van der Waals surface area contributed by atoms with Crippen LogP contribution in [-0.4, -0.2) is 22.1 Å². The van der Waals surface area contributed by atoms with Gasteiger partial charge in [-0.15, -0.1) is 0 Å². The van der Waals surface area contributed by atoms with Crippen molar-refractivity contribution in [3.63, 3.8) is 0 Å². The van der Waals surface area contributed by atoms with Gasteiger partial charge in [0.25, 0.3) is 5.91 Å². The number of amides is 1. The Bertz CT molecular complexity index is 1270. The van der Waals surface area contributed by atoms with Gasteiger partial charge in [0.2, 0.25) is 6.10 Å². The molecule has 31 heavy (non-hydrogen) atoms. The van der Waals surface area contributed by atoms with Crippen LogP contribution >= 0.6 is 0 Å². The van der Waals surface area contributed by atoms with Crippen LogP contribution in [0.1, 0.15) is 18.6 Å². The first-order valence-corrected chi connectivity index (χ1v) is 9.39. The minimum Gasteiger partial charge on any atom is -0.447 e. The van der Waals surface area contributed by atoms with E-state index in [-0.39, 0.29) is 11.4 Å². The molecule has 8 heteroatoms. The molecule has 0 saturated heterocycles. The summed E-state index contributed by atoms with van der Waals surface area (Å²) in [5.74, 6) is -2.06. The lowest BCUT2D eigenvalue weighted by atomic mass is 10.0. The van der Waals surface area contributed by atoms with Gasteiger partial charge in [-0.25, -0.2) is 8.78 Å². The molecule has 1 atom stereocenters. The summed E-state index contributed by atoms with van der Waals surface area (Å²) < 4.78 is 32.8. The molecular formula is C23H17F2N3O3. The summed E-state index contributed by atoms with van der Waals surface area (Å²) in [6, 6.07) is 16.7. The Morgan fingerprint density at radius 1 is 1.03 bits per heavy atom. The van der Waals surface area contributed by atoms with Crippen LogP contribution in [0, 0.1) is 11.6 Å². The van der Waals surface area contributed by atoms with Gasteiger partial charge in [0, 0.05) is 23.4 Å². The number of H-pyrrole nitrogens is 1. The van der Waals surface area contributed by atoms with E-state index in [0.29, 0.717) is 22.0 Å². The number of halogens is 2. The number of hydrogen-bond donors (Lipinski definition) is 2. The Labute approximate surface area is 175 Å². The molecule has 0 saturated carbocycles. The number of ether oxygens (including phenoxy) is 1. The smallest absolute Gasteiger partial charge is 0.303 e. The summed E-state index contributed by atoms with van der Waals surface area (Å²) in [7, 11) is 0. The van der Waals surface area contributed by atoms with E-state index >= 15 is 0 Å². The number of hydrogen-bond acceptors (Lipinski definition) is 4. The molecule has 4 aromatic rings. The fraction of sp³-hybridized carbons (Fsp3) is 0.0870. The molecular weight excluding hydrogens is 404 g/mol. The first-order chi connectivity index (χ1) is 14.9. The number of nitrogens with one attached hydrogen (secondary N) is 2. The zero-order chi connectivity index (χ0) is 22.0. The fourth-order valence-electron chi connectivity index (χ4n) is 3.25. The van der Waals surface area contributed by atoms with Gasteiger partial charge in [0.05, 0.1) is 5.52 Å². The highest BCUT2D eigenvalue weighted by molar-refractivity contribution is 6.02. The molecule has 156 valence electrons. The predicted molar refractivity (Wildman–Crippen MR) is 111 cm³/mol. The van der Waals surface area contributed by atoms with Crippen molar-refractivity contribution >= 4 is 28.6 Å². The summed E-state index contributed by atoms with van der Waals surface area (Å²) in [4.78, 5) is 24.3. The van der Waals surface area contributed by atoms with Crippen LogP contribution in [0.15, 0.2) is 66.7 Å². The predicted octanol–water partition coefficient (Wildman–Crippen LogP) is 4.75. The molecule has 0 aliphatic heterocycles. The summed E-state index contributed by atoms with van der Waals surface area (Å²) >= 11 is 0. The van der Waals surface area contributed by atoms with Crippen molar-refractivity contribution in [3.05, 3.63) is 83.9 Å². The van der Waals surface area contributed by atoms with Crippen molar-refractivity contribution in [1.82, 2.24) is 10.2 Å². The number of nitrogens with zero attached hydrogens (tertiary/aromatic N) is 1. The van der Waals surface area contributed by atoms with Gasteiger partial charge in [-0.05, 0) is 35.9 Å². The molecule has 1 amide bonds. The number of anilines is 1. The van der Waals surface area contributed by atoms with Gasteiger partial charge in [0.15, 0.2) is 5.82 Å². The van der Waals surface area contributed by atoms with Crippen LogP contribution in [0.25, 0.3) is 22.0 Å². The largest absolute Gasteiger partial charge is 0.447 e. The number of rotatable bonds is 5. The van der Waals surface area contributed by atoms with Crippen molar-refractivity contribution in [2.75, 3.05) is 5.32 Å². The normalized spacial score (nSPS) is 11.8. The Balaban J connectivity index is 1.63. The molecule has 0 aliphatic carbocycles. The summed E-state index contributed by atoms with van der Waals surface area (Å²) in [5.41, 5.74) is 1.59. The molecule has 1 aromatic heterocycles. The molecule has 0 radical (unpaired) electrons. The molecule has 2 N–H and O–H groups in total. The lowest BCUT2D eigenvalue weighted by Gasteiger charge is -2.16. The molecule has 1 unspecified atom stereocenters. The summed E-state index contributed by atoms with van der Waals surface area (Å²) in [6.07, 6.45) is -1.15. The van der Waals surface area contributed by atoms with E-state index in [1.54, 1.807) is 48.5 Å². The molecule has 0 spiro atoms. The number of aromatic nitrogens is 2. The second-order valence-corrected chi connectivity index (χ2v) is 6.85. The molecule has 0 fully saturated rings. The average molecular weight is 421 g/mol. The first-order valence-electron chi connectivity index (χ1n) is 9.39. The van der Waals surface area contributed by atoms with E-state index in [1.807, 2.05) is 0 Å². The van der Waals surface area contributed by atoms with E-state index in [0.717, 1.165) is 18.2 Å². The van der Waals surface area contributed by atoms with E-state index in [1.165, 1.54) is 6.92 Å². The Morgan fingerprint density at radius 2 is 1.81 bits per heavy atom. The lowest BCUT2D eigenvalue weighted by Crippen LogP contribution is -2.25. The zero-order valence-corrected chi connectivity index (χ0v) is 16.4. The summed E-state index contributed by atoms with van der Waals surface area (Å²) in [5, 5.41) is 10.1. The zero-order valence-electron chi connectivity index (χ0n) is 16.4. The third-order valence-corrected chi connectivity index (χ3v) is 4.67. The minimum atomic E-state index is -1.15. The van der Waals surface area contributed by atoms with E-state index in [9.17, 15) is 18.4 Å². The summed E-state index contributed by atoms with van der Waals surface area (Å²) in [6.45, 7) is 1.22. The lowest BCUT2D eigenvalue weighted by molar-refractivity contribution is -0.152. The van der Waals surface area contributed by atoms with Gasteiger partial charge >= 0.3 is 5.97 Å². The standard InChI is InChI=1S/C23H17F2N3O3/c1-13(29)31-21(14-5-3-2-4-6-14)23(30)26-22-17-9-7-15(11-20(17)27-28-22)18-12-16(24)8-10-19(18)25/h2-12,21H,1H3,(H2,26,27,28,30). The number of fused-ring (bicyclic) bond motifs is 1. The van der Waals surface area contributed by atoms with Crippen molar-refractivity contribution < 1.29 is 23.1 Å². The molecule has 0 bridgehead atoms. The second-order valence-electron chi connectivity index (χ2n) is 6.85. The van der Waals surface area contributed by atoms with Crippen LogP contribution in [0.5, 0.6) is 0 Å². The highest BCUT2D eigenvalue weighted by Gasteiger charge is 2.25. The Kier molecular flexibility index (Phi) is 5.44. The maximum atomic E-state index is 14.1. The first kappa shape index (κ1) is 20.2. The van der Waals surface area contributed by atoms with Crippen LogP contribution in [0.3, 0.4) is 0 Å². The van der Waals surface area contributed by atoms with Gasteiger partial charge in [-0.3, -0.25) is 14.7 Å². The van der Waals surface area contributed by atoms with E-state index in [2.05, 4.69) is 15.5 Å². The minimum absolute atomic E-state index is 0.112. The monoisotopic (exact) mass is 421 g/mol. The van der Waals surface area contributed by atoms with Gasteiger partial charge in [-0.1, -0.05) is 36.4 Å². The number of benzene rings is 3. The molecule has 1 heterocycles. The third-order valence-electron chi connectivity index (χ3n) is 4.67. The average Bonchev–Trinajstić information content (AvgIpc) is 3.16. The number of carbonyl (C=O) groups is 2. The second kappa shape index (κ2) is 8.35. The maximum absolute atomic E-state index is 14.1. The number of esters is 1. The van der Waals surface area contributed by atoms with Crippen molar-refractivity contribution in [3.8, 4) is 11.1 Å². The van der Waals surface area contributed by atoms with Crippen molar-refractivity contribution in [2.45, 2.75) is 13.0 Å². The molecule has 3 aromatic carbocycles. The van der Waals surface area contributed by atoms with E-state index < -0.39 is 29.6 Å². The van der Waals surface area contributed by atoms with Crippen molar-refractivity contribution in [1.29, 1.82) is 0 Å². The Morgan fingerprint density at radius 3 is 2.55 bits per heavy atom. The number of carbonyl (C=O) groups excluding carboxylic acids is 2. The third kappa shape index (κ3) is 4.28. The van der Waals surface area contributed by atoms with Crippen LogP contribution in [-0.2, 0) is 14.3 Å². The van der Waals surface area contributed by atoms with Crippen LogP contribution in [0.4, 0.5) is 14.6 Å². The maximum Gasteiger partial charge on any atom is 0.303 e. The highest BCUT2D eigenvalue weighted by Crippen LogP contribution is 2.30. The Hall–Kier alpha value is -4.07. The van der Waals surface area contributed by atoms with Gasteiger partial charge in [-0.2, -0.15) is 5.10 Å². The van der Waals surface area contributed by atoms with E-state index in [4.69, 9.17) is 4.74 Å². The molecule has 4 rings (SSSR count). The van der Waals surface area contributed by atoms with Crippen LogP contribution in [0.2, 0.25) is 0 Å². The quantitative estimate of drug-likeness (QED) is 0.456. The van der Waals surface area contributed by atoms with Gasteiger partial charge < -0.3 is 10.1 Å². The SMILES string of the molecule is CC(=O)OC(C(=O)Nc1n[nH]c2cc(-c3cc(F)ccc3F)ccc12)c1ccccc1. The fourth-order valence-corrected chi connectivity index (χ4v) is 3.25. The van der Waals surface area contributed by atoms with Crippen molar-refractivity contribution in [2.24, 2.45) is 0 Å². The molecule has 6 nitrogen and oxygen atoms in total.